The van der Waals surface area contributed by atoms with Gasteiger partial charge in [0, 0.05) is 12.5 Å². The molecule has 1 aliphatic heterocycles. The van der Waals surface area contributed by atoms with E-state index in [0.717, 1.165) is 41.7 Å². The molecule has 26 heavy (non-hydrogen) atoms. The summed E-state index contributed by atoms with van der Waals surface area (Å²) < 4.78 is 1.25. The molecule has 1 amide bonds. The monoisotopic (exact) mass is 366 g/mol. The molecule has 0 spiro atoms. The van der Waals surface area contributed by atoms with Gasteiger partial charge in [-0.1, -0.05) is 12.1 Å². The summed E-state index contributed by atoms with van der Waals surface area (Å²) in [5.41, 5.74) is 1.08. The van der Waals surface area contributed by atoms with Crippen molar-refractivity contribution in [1.82, 2.24) is 9.88 Å². The van der Waals surface area contributed by atoms with Gasteiger partial charge in [-0.05, 0) is 80.8 Å². The minimum Gasteiger partial charge on any atom is -0.333 e. The predicted molar refractivity (Wildman–Crippen MR) is 104 cm³/mol. The molecule has 0 radical (unpaired) electrons. The zero-order chi connectivity index (χ0) is 17.3. The van der Waals surface area contributed by atoms with E-state index in [9.17, 15) is 4.79 Å². The highest BCUT2D eigenvalue weighted by atomic mass is 32.1. The van der Waals surface area contributed by atoms with Crippen LogP contribution in [-0.2, 0) is 4.79 Å². The lowest BCUT2D eigenvalue weighted by Crippen LogP contribution is -2.51. The Kier molecular flexibility index (Phi) is 3.48. The molecule has 1 atom stereocenters. The molecule has 4 bridgehead atoms. The number of para-hydroxylation sites is 1. The summed E-state index contributed by atoms with van der Waals surface area (Å²) in [7, 11) is 0. The lowest BCUT2D eigenvalue weighted by molar-refractivity contribution is -0.150. The Labute approximate surface area is 158 Å². The number of thiazole rings is 1. The Balaban J connectivity index is 1.29. The van der Waals surface area contributed by atoms with Gasteiger partial charge < -0.3 is 4.90 Å². The maximum atomic E-state index is 13.6. The van der Waals surface area contributed by atoms with Crippen LogP contribution in [0.2, 0.25) is 0 Å². The molecule has 4 saturated carbocycles. The molecule has 0 N–H and O–H groups in total. The standard InChI is InChI=1S/C22H26N2OS/c25-22(20-15-9-13-8-14(11-15)12-16(20)10-13)24-7-3-5-18(24)21-23-17-4-1-2-6-19(17)26-21/h1-2,4,6,13-16,18,20H,3,5,7-12H2. The number of amides is 1. The van der Waals surface area contributed by atoms with Crippen LogP contribution in [0, 0.1) is 29.6 Å². The van der Waals surface area contributed by atoms with Gasteiger partial charge in [0.2, 0.25) is 5.91 Å². The van der Waals surface area contributed by atoms with Crippen LogP contribution in [0.1, 0.15) is 56.0 Å². The van der Waals surface area contributed by atoms with E-state index in [-0.39, 0.29) is 6.04 Å². The van der Waals surface area contributed by atoms with E-state index in [2.05, 4.69) is 29.2 Å². The SMILES string of the molecule is O=C(C1C2CC3CC(C2)CC1C3)N1CCCC1c1nc2ccccc2s1. The van der Waals surface area contributed by atoms with E-state index >= 15 is 0 Å². The predicted octanol–water partition coefficient (Wildman–Crippen LogP) is 5.03. The van der Waals surface area contributed by atoms with E-state index < -0.39 is 0 Å². The molecule has 1 aromatic heterocycles. The number of carbonyl (C=O) groups excluding carboxylic acids is 1. The first-order valence-corrected chi connectivity index (χ1v) is 11.2. The number of carbonyl (C=O) groups is 1. The first-order chi connectivity index (χ1) is 12.8. The molecule has 136 valence electrons. The van der Waals surface area contributed by atoms with Gasteiger partial charge in [0.15, 0.2) is 0 Å². The third-order valence-corrected chi connectivity index (χ3v) is 8.78. The molecule has 2 heterocycles. The van der Waals surface area contributed by atoms with Gasteiger partial charge in [0.05, 0.1) is 16.3 Å². The summed E-state index contributed by atoms with van der Waals surface area (Å²) in [5.74, 6) is 4.00. The van der Waals surface area contributed by atoms with Crippen molar-refractivity contribution in [3.8, 4) is 0 Å². The minimum absolute atomic E-state index is 0.220. The van der Waals surface area contributed by atoms with E-state index in [1.165, 1.54) is 36.8 Å². The van der Waals surface area contributed by atoms with Gasteiger partial charge in [-0.15, -0.1) is 11.3 Å². The highest BCUT2D eigenvalue weighted by Gasteiger charge is 2.52. The summed E-state index contributed by atoms with van der Waals surface area (Å²) in [5, 5.41) is 1.15. The van der Waals surface area contributed by atoms with E-state index in [1.807, 2.05) is 0 Å². The highest BCUT2D eigenvalue weighted by Crippen LogP contribution is 2.57. The van der Waals surface area contributed by atoms with E-state index in [4.69, 9.17) is 4.98 Å². The molecule has 3 nitrogen and oxygen atoms in total. The van der Waals surface area contributed by atoms with Crippen LogP contribution in [0.4, 0.5) is 0 Å². The number of nitrogens with zero attached hydrogens (tertiary/aromatic N) is 2. The van der Waals surface area contributed by atoms with Gasteiger partial charge in [0.25, 0.3) is 0 Å². The molecule has 1 saturated heterocycles. The number of fused-ring (bicyclic) bond motifs is 1. The molecule has 1 aromatic carbocycles. The lowest BCUT2D eigenvalue weighted by atomic mass is 9.51. The summed E-state index contributed by atoms with van der Waals surface area (Å²) in [6, 6.07) is 8.59. The van der Waals surface area contributed by atoms with Gasteiger partial charge >= 0.3 is 0 Å². The average molecular weight is 367 g/mol. The Bertz CT molecular complexity index is 798. The zero-order valence-corrected chi connectivity index (χ0v) is 16.0. The van der Waals surface area contributed by atoms with Gasteiger partial charge in [-0.25, -0.2) is 4.98 Å². The lowest BCUT2D eigenvalue weighted by Gasteiger charge is -2.54. The summed E-state index contributed by atoms with van der Waals surface area (Å²) in [6.07, 6.45) is 8.95. The fourth-order valence-electron chi connectivity index (χ4n) is 6.84. The topological polar surface area (TPSA) is 33.2 Å². The molecule has 7 rings (SSSR count). The molecule has 5 aliphatic rings. The van der Waals surface area contributed by atoms with E-state index in [0.29, 0.717) is 23.7 Å². The molecule has 2 aromatic rings. The molecular weight excluding hydrogens is 340 g/mol. The first-order valence-electron chi connectivity index (χ1n) is 10.4. The number of likely N-dealkylation sites (tertiary alicyclic amines) is 1. The fourth-order valence-corrected chi connectivity index (χ4v) is 7.95. The van der Waals surface area contributed by atoms with Crippen molar-refractivity contribution >= 4 is 27.5 Å². The normalized spacial score (nSPS) is 38.4. The van der Waals surface area contributed by atoms with E-state index in [1.54, 1.807) is 11.3 Å². The van der Waals surface area contributed by atoms with Crippen molar-refractivity contribution in [2.45, 2.75) is 51.0 Å². The van der Waals surface area contributed by atoms with Gasteiger partial charge in [-0.3, -0.25) is 4.79 Å². The number of hydrogen-bond donors (Lipinski definition) is 0. The molecule has 4 heteroatoms. The Morgan fingerprint density at radius 1 is 1.04 bits per heavy atom. The molecule has 4 aliphatic carbocycles. The van der Waals surface area contributed by atoms with Crippen LogP contribution in [0.15, 0.2) is 24.3 Å². The van der Waals surface area contributed by atoms with Crippen LogP contribution in [0.25, 0.3) is 10.2 Å². The first kappa shape index (κ1) is 15.6. The summed E-state index contributed by atoms with van der Waals surface area (Å²) in [6.45, 7) is 0.933. The number of benzene rings is 1. The van der Waals surface area contributed by atoms with Crippen molar-refractivity contribution < 1.29 is 4.79 Å². The van der Waals surface area contributed by atoms with Gasteiger partial charge in [-0.2, -0.15) is 0 Å². The molecular formula is C22H26N2OS. The van der Waals surface area contributed by atoms with Crippen LogP contribution in [0.5, 0.6) is 0 Å². The fraction of sp³-hybridized carbons (Fsp3) is 0.636. The van der Waals surface area contributed by atoms with Crippen molar-refractivity contribution in [2.24, 2.45) is 29.6 Å². The number of aromatic nitrogens is 1. The zero-order valence-electron chi connectivity index (χ0n) is 15.1. The smallest absolute Gasteiger partial charge is 0.226 e. The Morgan fingerprint density at radius 3 is 2.50 bits per heavy atom. The maximum absolute atomic E-state index is 13.6. The summed E-state index contributed by atoms with van der Waals surface area (Å²) in [4.78, 5) is 20.8. The van der Waals surface area contributed by atoms with Crippen LogP contribution >= 0.6 is 11.3 Å². The second-order valence-electron chi connectivity index (χ2n) is 9.17. The van der Waals surface area contributed by atoms with Crippen LogP contribution < -0.4 is 0 Å². The third-order valence-electron chi connectivity index (χ3n) is 7.64. The number of hydrogen-bond acceptors (Lipinski definition) is 3. The quantitative estimate of drug-likeness (QED) is 0.747. The largest absolute Gasteiger partial charge is 0.333 e. The van der Waals surface area contributed by atoms with Crippen molar-refractivity contribution in [1.29, 1.82) is 0 Å². The van der Waals surface area contributed by atoms with Crippen molar-refractivity contribution in [2.75, 3.05) is 6.54 Å². The van der Waals surface area contributed by atoms with Gasteiger partial charge in [0.1, 0.15) is 5.01 Å². The maximum Gasteiger partial charge on any atom is 0.226 e. The number of rotatable bonds is 2. The Hall–Kier alpha value is -1.42. The third kappa shape index (κ3) is 2.30. The molecule has 5 fully saturated rings. The van der Waals surface area contributed by atoms with Crippen LogP contribution in [-0.4, -0.2) is 22.3 Å². The summed E-state index contributed by atoms with van der Waals surface area (Å²) >= 11 is 1.79. The minimum atomic E-state index is 0.220. The van der Waals surface area contributed by atoms with Crippen molar-refractivity contribution in [3.05, 3.63) is 29.3 Å². The van der Waals surface area contributed by atoms with Crippen LogP contribution in [0.3, 0.4) is 0 Å². The second kappa shape index (κ2) is 5.79. The highest BCUT2D eigenvalue weighted by molar-refractivity contribution is 7.18. The Morgan fingerprint density at radius 2 is 1.77 bits per heavy atom. The molecule has 1 unspecified atom stereocenters. The van der Waals surface area contributed by atoms with Crippen molar-refractivity contribution in [3.63, 3.8) is 0 Å². The average Bonchev–Trinajstić information content (AvgIpc) is 3.27. The second-order valence-corrected chi connectivity index (χ2v) is 10.2.